The van der Waals surface area contributed by atoms with Crippen LogP contribution in [0.5, 0.6) is 0 Å². The molecule has 20 heavy (non-hydrogen) atoms. The van der Waals surface area contributed by atoms with Crippen LogP contribution in [0.4, 0.5) is 5.69 Å². The minimum absolute atomic E-state index is 0.0406. The summed E-state index contributed by atoms with van der Waals surface area (Å²) in [5.41, 5.74) is 7.93. The van der Waals surface area contributed by atoms with Gasteiger partial charge in [-0.3, -0.25) is 4.79 Å². The fourth-order valence-corrected chi connectivity index (χ4v) is 2.14. The number of anilines is 1. The van der Waals surface area contributed by atoms with Crippen molar-refractivity contribution in [1.29, 1.82) is 0 Å². The van der Waals surface area contributed by atoms with E-state index in [2.05, 4.69) is 0 Å². The standard InChI is InChI=1S/C16H17ClN2O/c1-11(12-6-8-14(17)9-7-12)19(2)16(20)13-4-3-5-15(18)10-13/h3-11H,18H2,1-2H3. The first kappa shape index (κ1) is 14.4. The molecule has 2 aromatic rings. The van der Waals surface area contributed by atoms with E-state index in [1.807, 2.05) is 31.2 Å². The molecule has 2 aromatic carbocycles. The summed E-state index contributed by atoms with van der Waals surface area (Å²) in [7, 11) is 1.78. The minimum atomic E-state index is -0.0558. The second-order valence-electron chi connectivity index (χ2n) is 4.77. The summed E-state index contributed by atoms with van der Waals surface area (Å²) in [6, 6.07) is 14.5. The van der Waals surface area contributed by atoms with Gasteiger partial charge in [-0.25, -0.2) is 0 Å². The van der Waals surface area contributed by atoms with Crippen LogP contribution in [0, 0.1) is 0 Å². The van der Waals surface area contributed by atoms with Gasteiger partial charge < -0.3 is 10.6 Å². The lowest BCUT2D eigenvalue weighted by atomic mass is 10.1. The zero-order valence-electron chi connectivity index (χ0n) is 11.5. The summed E-state index contributed by atoms with van der Waals surface area (Å²) in [6.45, 7) is 1.98. The van der Waals surface area contributed by atoms with Crippen LogP contribution < -0.4 is 5.73 Å². The molecule has 1 unspecified atom stereocenters. The van der Waals surface area contributed by atoms with Crippen molar-refractivity contribution < 1.29 is 4.79 Å². The van der Waals surface area contributed by atoms with Gasteiger partial charge in [0.2, 0.25) is 0 Å². The summed E-state index contributed by atoms with van der Waals surface area (Å²) >= 11 is 5.88. The molecule has 2 rings (SSSR count). The largest absolute Gasteiger partial charge is 0.399 e. The van der Waals surface area contributed by atoms with Crippen LogP contribution in [-0.2, 0) is 0 Å². The number of nitrogens with two attached hydrogens (primary N) is 1. The number of carbonyl (C=O) groups excluding carboxylic acids is 1. The van der Waals surface area contributed by atoms with Crippen molar-refractivity contribution >= 4 is 23.2 Å². The third-order valence-corrected chi connectivity index (χ3v) is 3.64. The summed E-state index contributed by atoms with van der Waals surface area (Å²) < 4.78 is 0. The number of carbonyl (C=O) groups is 1. The fourth-order valence-electron chi connectivity index (χ4n) is 2.02. The Bertz CT molecular complexity index is 610. The van der Waals surface area contributed by atoms with Crippen molar-refractivity contribution in [3.63, 3.8) is 0 Å². The molecule has 0 saturated heterocycles. The number of rotatable bonds is 3. The fraction of sp³-hybridized carbons (Fsp3) is 0.188. The molecule has 0 bridgehead atoms. The van der Waals surface area contributed by atoms with Crippen LogP contribution >= 0.6 is 11.6 Å². The predicted octanol–water partition coefficient (Wildman–Crippen LogP) is 3.76. The number of nitrogen functional groups attached to an aromatic ring is 1. The van der Waals surface area contributed by atoms with Gasteiger partial charge in [0.15, 0.2) is 0 Å². The zero-order valence-corrected chi connectivity index (χ0v) is 12.3. The van der Waals surface area contributed by atoms with Crippen molar-refractivity contribution in [1.82, 2.24) is 4.90 Å². The lowest BCUT2D eigenvalue weighted by Gasteiger charge is -2.25. The van der Waals surface area contributed by atoms with Crippen LogP contribution in [0.15, 0.2) is 48.5 Å². The maximum absolute atomic E-state index is 12.4. The predicted molar refractivity (Wildman–Crippen MR) is 82.8 cm³/mol. The van der Waals surface area contributed by atoms with E-state index in [0.29, 0.717) is 16.3 Å². The van der Waals surface area contributed by atoms with E-state index in [-0.39, 0.29) is 11.9 Å². The lowest BCUT2D eigenvalue weighted by Crippen LogP contribution is -2.29. The number of benzene rings is 2. The number of hydrogen-bond donors (Lipinski definition) is 1. The Morgan fingerprint density at radius 3 is 2.45 bits per heavy atom. The second-order valence-corrected chi connectivity index (χ2v) is 5.21. The molecule has 0 aliphatic carbocycles. The van der Waals surface area contributed by atoms with Crippen molar-refractivity contribution in [3.8, 4) is 0 Å². The molecule has 0 fully saturated rings. The number of nitrogens with zero attached hydrogens (tertiary/aromatic N) is 1. The summed E-state index contributed by atoms with van der Waals surface area (Å²) in [6.07, 6.45) is 0. The molecule has 2 N–H and O–H groups in total. The molecule has 0 saturated carbocycles. The normalized spacial score (nSPS) is 11.9. The van der Waals surface area contributed by atoms with E-state index in [1.54, 1.807) is 36.2 Å². The topological polar surface area (TPSA) is 46.3 Å². The molecule has 1 atom stereocenters. The third-order valence-electron chi connectivity index (χ3n) is 3.39. The Morgan fingerprint density at radius 2 is 1.85 bits per heavy atom. The number of amides is 1. The van der Waals surface area contributed by atoms with E-state index < -0.39 is 0 Å². The van der Waals surface area contributed by atoms with E-state index in [1.165, 1.54) is 0 Å². The summed E-state index contributed by atoms with van der Waals surface area (Å²) in [5.74, 6) is -0.0558. The number of hydrogen-bond acceptors (Lipinski definition) is 2. The minimum Gasteiger partial charge on any atom is -0.399 e. The lowest BCUT2D eigenvalue weighted by molar-refractivity contribution is 0.0742. The zero-order chi connectivity index (χ0) is 14.7. The van der Waals surface area contributed by atoms with Crippen LogP contribution in [0.2, 0.25) is 5.02 Å². The highest BCUT2D eigenvalue weighted by Gasteiger charge is 2.18. The van der Waals surface area contributed by atoms with Crippen LogP contribution in [0.25, 0.3) is 0 Å². The first-order valence-corrected chi connectivity index (χ1v) is 6.75. The van der Waals surface area contributed by atoms with Gasteiger partial charge in [0.1, 0.15) is 0 Å². The van der Waals surface area contributed by atoms with Gasteiger partial charge in [0.05, 0.1) is 6.04 Å². The van der Waals surface area contributed by atoms with E-state index in [4.69, 9.17) is 17.3 Å². The quantitative estimate of drug-likeness (QED) is 0.874. The summed E-state index contributed by atoms with van der Waals surface area (Å²) in [5, 5.41) is 0.686. The van der Waals surface area contributed by atoms with E-state index >= 15 is 0 Å². The second kappa shape index (κ2) is 5.97. The molecule has 1 amide bonds. The highest BCUT2D eigenvalue weighted by molar-refractivity contribution is 6.30. The Hall–Kier alpha value is -2.00. The van der Waals surface area contributed by atoms with Gasteiger partial charge in [0, 0.05) is 23.3 Å². The molecule has 0 spiro atoms. The highest BCUT2D eigenvalue weighted by atomic mass is 35.5. The van der Waals surface area contributed by atoms with Crippen molar-refractivity contribution in [3.05, 3.63) is 64.7 Å². The third kappa shape index (κ3) is 3.11. The van der Waals surface area contributed by atoms with E-state index in [9.17, 15) is 4.79 Å². The van der Waals surface area contributed by atoms with Crippen molar-refractivity contribution in [2.75, 3.05) is 12.8 Å². The monoisotopic (exact) mass is 288 g/mol. The molecule has 4 heteroatoms. The van der Waals surface area contributed by atoms with Gasteiger partial charge in [-0.1, -0.05) is 29.8 Å². The van der Waals surface area contributed by atoms with Crippen LogP contribution in [0.1, 0.15) is 28.9 Å². The Kier molecular flexibility index (Phi) is 4.30. The van der Waals surface area contributed by atoms with Crippen LogP contribution in [0.3, 0.4) is 0 Å². The molecular weight excluding hydrogens is 272 g/mol. The molecule has 0 aliphatic rings. The Labute approximate surface area is 124 Å². The first-order valence-electron chi connectivity index (χ1n) is 6.37. The van der Waals surface area contributed by atoms with Gasteiger partial charge >= 0.3 is 0 Å². The van der Waals surface area contributed by atoms with E-state index in [0.717, 1.165) is 5.56 Å². The number of halogens is 1. The highest BCUT2D eigenvalue weighted by Crippen LogP contribution is 2.22. The van der Waals surface area contributed by atoms with Crippen LogP contribution in [-0.4, -0.2) is 17.9 Å². The molecule has 104 valence electrons. The molecule has 0 aliphatic heterocycles. The van der Waals surface area contributed by atoms with Gasteiger partial charge in [-0.05, 0) is 42.8 Å². The molecular formula is C16H17ClN2O. The molecule has 0 radical (unpaired) electrons. The molecule has 0 aromatic heterocycles. The Morgan fingerprint density at radius 1 is 1.20 bits per heavy atom. The Balaban J connectivity index is 2.20. The smallest absolute Gasteiger partial charge is 0.254 e. The molecule has 3 nitrogen and oxygen atoms in total. The van der Waals surface area contributed by atoms with Gasteiger partial charge in [-0.2, -0.15) is 0 Å². The van der Waals surface area contributed by atoms with Crippen molar-refractivity contribution in [2.24, 2.45) is 0 Å². The maximum Gasteiger partial charge on any atom is 0.254 e. The average Bonchev–Trinajstić information content (AvgIpc) is 2.46. The first-order chi connectivity index (χ1) is 9.49. The van der Waals surface area contributed by atoms with Gasteiger partial charge in [-0.15, -0.1) is 0 Å². The SMILES string of the molecule is CC(c1ccc(Cl)cc1)N(C)C(=O)c1cccc(N)c1. The average molecular weight is 289 g/mol. The maximum atomic E-state index is 12.4. The van der Waals surface area contributed by atoms with Crippen molar-refractivity contribution in [2.45, 2.75) is 13.0 Å². The van der Waals surface area contributed by atoms with Gasteiger partial charge in [0.25, 0.3) is 5.91 Å². The molecule has 0 heterocycles. The summed E-state index contributed by atoms with van der Waals surface area (Å²) in [4.78, 5) is 14.1.